The van der Waals surface area contributed by atoms with E-state index >= 15 is 0 Å². The summed E-state index contributed by atoms with van der Waals surface area (Å²) in [5.74, 6) is -70.3. The highest BCUT2D eigenvalue weighted by molar-refractivity contribution is 5.06. The number of ether oxygens (including phenoxy) is 3. The summed E-state index contributed by atoms with van der Waals surface area (Å²) in [5.41, 5.74) is 0. The molecule has 0 aliphatic heterocycles. The summed E-state index contributed by atoms with van der Waals surface area (Å²) < 4.78 is 432. The van der Waals surface area contributed by atoms with Crippen LogP contribution >= 0.6 is 0 Å². The fourth-order valence-corrected chi connectivity index (χ4v) is 2.34. The van der Waals surface area contributed by atoms with Crippen molar-refractivity contribution in [3.8, 4) is 0 Å². The van der Waals surface area contributed by atoms with Crippen LogP contribution in [0.2, 0.25) is 0 Å². The Kier molecular flexibility index (Phi) is 11.9. The Morgan fingerprint density at radius 2 is 0.396 bits per heavy atom. The van der Waals surface area contributed by atoms with E-state index in [-0.39, 0.29) is 0 Å². The SMILES string of the molecule is OC(F)(C(F)(F)C(F)(F)F)C(F)(F)C(F)(F)OC(F)(F)C(F)(F)C(F)(F)OC(F)(F)C(F)(F)C(F)(F)OC(F)(F)C(F)(F)C(F)(F)C(F)(F)C(F)(F)F. The maximum absolute atomic E-state index is 13.5. The lowest BCUT2D eigenvalue weighted by atomic mass is 10.0. The van der Waals surface area contributed by atoms with Gasteiger partial charge in [0.2, 0.25) is 0 Å². The number of aliphatic hydroxyl groups is 1. The Bertz CT molecular complexity index is 1200. The van der Waals surface area contributed by atoms with Crippen LogP contribution in [0.1, 0.15) is 0 Å². The average molecular weight is 884 g/mol. The highest BCUT2D eigenvalue weighted by atomic mass is 19.4. The van der Waals surface area contributed by atoms with E-state index in [0.29, 0.717) is 9.47 Å². The van der Waals surface area contributed by atoms with Crippen molar-refractivity contribution < 1.29 is 164 Å². The van der Waals surface area contributed by atoms with Gasteiger partial charge in [-0.15, -0.1) is 0 Å². The smallest absolute Gasteiger partial charge is 0.352 e. The van der Waals surface area contributed by atoms with Gasteiger partial charge in [-0.05, 0) is 0 Å². The largest absolute Gasteiger partial charge is 0.460 e. The number of halogens is 33. The van der Waals surface area contributed by atoms with Crippen molar-refractivity contribution in [3.63, 3.8) is 0 Å². The molecule has 0 bridgehead atoms. The van der Waals surface area contributed by atoms with Crippen LogP contribution in [0, 0.1) is 0 Å². The van der Waals surface area contributed by atoms with E-state index in [4.69, 9.17) is 5.11 Å². The molecule has 37 heteroatoms. The third-order valence-corrected chi connectivity index (χ3v) is 5.30. The molecular formula is C16HF33O4. The molecule has 0 aromatic heterocycles. The molecule has 0 fully saturated rings. The van der Waals surface area contributed by atoms with Crippen molar-refractivity contribution in [2.45, 2.75) is 96.3 Å². The van der Waals surface area contributed by atoms with Gasteiger partial charge in [-0.2, -0.15) is 145 Å². The summed E-state index contributed by atoms with van der Waals surface area (Å²) in [7, 11) is 0. The second-order valence-corrected chi connectivity index (χ2v) is 9.05. The van der Waals surface area contributed by atoms with Crippen LogP contribution in [-0.2, 0) is 14.2 Å². The highest BCUT2D eigenvalue weighted by Crippen LogP contribution is 2.62. The number of hydrogen-bond acceptors (Lipinski definition) is 4. The van der Waals surface area contributed by atoms with Gasteiger partial charge in [-0.3, -0.25) is 0 Å². The molecule has 1 N–H and O–H groups in total. The van der Waals surface area contributed by atoms with Crippen LogP contribution in [0.4, 0.5) is 145 Å². The van der Waals surface area contributed by atoms with Gasteiger partial charge in [-0.1, -0.05) is 0 Å². The molecule has 1 unspecified atom stereocenters. The summed E-state index contributed by atoms with van der Waals surface area (Å²) in [6.45, 7) is 0. The Morgan fingerprint density at radius 3 is 0.604 bits per heavy atom. The third-order valence-electron chi connectivity index (χ3n) is 5.30. The minimum Gasteiger partial charge on any atom is -0.352 e. The van der Waals surface area contributed by atoms with Gasteiger partial charge < -0.3 is 5.11 Å². The molecule has 0 aromatic carbocycles. The molecule has 0 aliphatic carbocycles. The third kappa shape index (κ3) is 7.33. The monoisotopic (exact) mass is 884 g/mol. The van der Waals surface area contributed by atoms with Gasteiger partial charge in [0.1, 0.15) is 0 Å². The summed E-state index contributed by atoms with van der Waals surface area (Å²) in [6.07, 6.45) is -69.5. The molecule has 0 heterocycles. The van der Waals surface area contributed by atoms with Crippen molar-refractivity contribution in [1.29, 1.82) is 0 Å². The Hall–Kier alpha value is -2.47. The minimum absolute atomic E-state index is 0.694. The molecule has 0 aromatic rings. The highest BCUT2D eigenvalue weighted by Gasteiger charge is 2.92. The quantitative estimate of drug-likeness (QED) is 0.157. The molecule has 0 saturated carbocycles. The molecule has 1 atom stereocenters. The van der Waals surface area contributed by atoms with Gasteiger partial charge in [0.05, 0.1) is 0 Å². The first-order valence-corrected chi connectivity index (χ1v) is 10.7. The number of hydrogen-bond donors (Lipinski definition) is 1. The maximum atomic E-state index is 13.5. The predicted octanol–water partition coefficient (Wildman–Crippen LogP) is 9.82. The van der Waals surface area contributed by atoms with Crippen molar-refractivity contribution in [2.24, 2.45) is 0 Å². The van der Waals surface area contributed by atoms with Crippen molar-refractivity contribution in [3.05, 3.63) is 0 Å². The molecule has 0 radical (unpaired) electrons. The van der Waals surface area contributed by atoms with E-state index in [2.05, 4.69) is 0 Å². The average Bonchev–Trinajstić information content (AvgIpc) is 2.84. The van der Waals surface area contributed by atoms with Crippen LogP contribution in [0.15, 0.2) is 0 Å². The van der Waals surface area contributed by atoms with E-state index < -0.39 is 96.3 Å². The van der Waals surface area contributed by atoms with Crippen LogP contribution in [0.5, 0.6) is 0 Å². The molecule has 4 nitrogen and oxygen atoms in total. The first-order valence-electron chi connectivity index (χ1n) is 10.7. The van der Waals surface area contributed by atoms with Crippen molar-refractivity contribution >= 4 is 0 Å². The number of rotatable bonds is 16. The van der Waals surface area contributed by atoms with E-state index in [0.717, 1.165) is 4.74 Å². The molecule has 0 aliphatic rings. The topological polar surface area (TPSA) is 47.9 Å². The summed E-state index contributed by atoms with van der Waals surface area (Å²) >= 11 is 0. The molecule has 320 valence electrons. The normalized spacial score (nSPS) is 18.0. The zero-order chi connectivity index (χ0) is 44.1. The van der Waals surface area contributed by atoms with Gasteiger partial charge in [0, 0.05) is 0 Å². The molecule has 0 amide bonds. The van der Waals surface area contributed by atoms with E-state index in [1.165, 1.54) is 0 Å². The fraction of sp³-hybridized carbons (Fsp3) is 1.00. The van der Waals surface area contributed by atoms with Crippen LogP contribution < -0.4 is 0 Å². The van der Waals surface area contributed by atoms with Crippen LogP contribution in [0.3, 0.4) is 0 Å². The molecule has 0 spiro atoms. The molecular weight excluding hydrogens is 883 g/mol. The molecule has 53 heavy (non-hydrogen) atoms. The fourth-order valence-electron chi connectivity index (χ4n) is 2.34. The Labute approximate surface area is 262 Å². The van der Waals surface area contributed by atoms with E-state index in [1.54, 1.807) is 0 Å². The maximum Gasteiger partial charge on any atom is 0.460 e. The zero-order valence-corrected chi connectivity index (χ0v) is 22.1. The lowest BCUT2D eigenvalue weighted by Gasteiger charge is -2.41. The molecule has 0 saturated heterocycles. The first kappa shape index (κ1) is 50.5. The van der Waals surface area contributed by atoms with E-state index in [1.807, 2.05) is 0 Å². The Balaban J connectivity index is 6.90. The minimum atomic E-state index is -9.12. The van der Waals surface area contributed by atoms with Crippen LogP contribution in [0.25, 0.3) is 0 Å². The van der Waals surface area contributed by atoms with Gasteiger partial charge in [-0.25, -0.2) is 14.2 Å². The lowest BCUT2D eigenvalue weighted by molar-refractivity contribution is -0.564. The van der Waals surface area contributed by atoms with Gasteiger partial charge in [0.25, 0.3) is 0 Å². The summed E-state index contributed by atoms with van der Waals surface area (Å²) in [4.78, 5) is 0. The summed E-state index contributed by atoms with van der Waals surface area (Å²) in [6, 6.07) is 0. The zero-order valence-electron chi connectivity index (χ0n) is 22.1. The first-order chi connectivity index (χ1) is 22.1. The lowest BCUT2D eigenvalue weighted by Crippen LogP contribution is -2.71. The van der Waals surface area contributed by atoms with Gasteiger partial charge >= 0.3 is 96.3 Å². The summed E-state index contributed by atoms with van der Waals surface area (Å²) in [5, 5.41) is 8.02. The van der Waals surface area contributed by atoms with Crippen molar-refractivity contribution in [2.75, 3.05) is 0 Å². The second-order valence-electron chi connectivity index (χ2n) is 9.05. The second kappa shape index (κ2) is 12.5. The standard InChI is InChI=1S/C16HF33O4/c17-1(18,2(19,20)9(32,33)34)3(21,22)11(38,39)51-13(42,43)6(27,28)15(46,47)53-16(48,49)7(29,30)14(44,45)52-12(40,41)5(25,26)8(31,50)4(23,24)10(35,36)37/h50H. The van der Waals surface area contributed by atoms with Crippen LogP contribution in [-0.4, -0.2) is 101 Å². The predicted molar refractivity (Wildman–Crippen MR) is 85.7 cm³/mol. The Morgan fingerprint density at radius 1 is 0.208 bits per heavy atom. The van der Waals surface area contributed by atoms with Gasteiger partial charge in [0.15, 0.2) is 0 Å². The van der Waals surface area contributed by atoms with Crippen molar-refractivity contribution in [1.82, 2.24) is 0 Å². The van der Waals surface area contributed by atoms with E-state index in [9.17, 15) is 145 Å². The molecule has 0 rings (SSSR count). The number of alkyl halides is 33.